The minimum absolute atomic E-state index is 0.0820. The SMILES string of the molecule is O=C(O)c1cc(NCc2cccs2)c(F)cc1[N+](=O)[O-]. The molecule has 0 aliphatic carbocycles. The number of carboxylic acids is 1. The van der Waals surface area contributed by atoms with Gasteiger partial charge in [0.15, 0.2) is 5.82 Å². The Bertz CT molecular complexity index is 658. The van der Waals surface area contributed by atoms with Gasteiger partial charge in [-0.25, -0.2) is 9.18 Å². The summed E-state index contributed by atoms with van der Waals surface area (Å²) in [6, 6.07) is 5.21. The zero-order valence-corrected chi connectivity index (χ0v) is 10.8. The lowest BCUT2D eigenvalue weighted by atomic mass is 10.1. The molecule has 8 heteroatoms. The van der Waals surface area contributed by atoms with E-state index in [1.807, 2.05) is 17.5 Å². The number of hydrogen-bond donors (Lipinski definition) is 2. The van der Waals surface area contributed by atoms with Gasteiger partial charge >= 0.3 is 5.97 Å². The molecular formula is C12H9FN2O4S. The Balaban J connectivity index is 2.31. The van der Waals surface area contributed by atoms with Crippen molar-refractivity contribution in [2.45, 2.75) is 6.54 Å². The number of nitrogens with one attached hydrogen (secondary N) is 1. The molecule has 2 rings (SSSR count). The maximum atomic E-state index is 13.7. The summed E-state index contributed by atoms with van der Waals surface area (Å²) in [4.78, 5) is 21.7. The molecule has 6 nitrogen and oxygen atoms in total. The molecule has 0 unspecified atom stereocenters. The first-order valence-electron chi connectivity index (χ1n) is 5.46. The molecule has 104 valence electrons. The number of aromatic carboxylic acids is 1. The highest BCUT2D eigenvalue weighted by molar-refractivity contribution is 7.09. The first-order valence-corrected chi connectivity index (χ1v) is 6.34. The van der Waals surface area contributed by atoms with E-state index in [0.29, 0.717) is 12.6 Å². The van der Waals surface area contributed by atoms with Crippen LogP contribution in [0.15, 0.2) is 29.6 Å². The normalized spacial score (nSPS) is 10.2. The second-order valence-corrected chi connectivity index (χ2v) is 4.88. The van der Waals surface area contributed by atoms with Crippen LogP contribution in [0.3, 0.4) is 0 Å². The van der Waals surface area contributed by atoms with Crippen LogP contribution in [0, 0.1) is 15.9 Å². The number of hydrogen-bond acceptors (Lipinski definition) is 5. The number of anilines is 1. The van der Waals surface area contributed by atoms with Gasteiger partial charge in [-0.1, -0.05) is 6.07 Å². The summed E-state index contributed by atoms with van der Waals surface area (Å²) >= 11 is 1.46. The number of halogens is 1. The molecule has 0 spiro atoms. The van der Waals surface area contributed by atoms with Crippen molar-refractivity contribution in [2.24, 2.45) is 0 Å². The number of thiophene rings is 1. The van der Waals surface area contributed by atoms with E-state index in [-0.39, 0.29) is 5.69 Å². The summed E-state index contributed by atoms with van der Waals surface area (Å²) in [6.07, 6.45) is 0. The monoisotopic (exact) mass is 296 g/mol. The molecule has 0 atom stereocenters. The van der Waals surface area contributed by atoms with Crippen molar-refractivity contribution in [3.8, 4) is 0 Å². The molecule has 0 bridgehead atoms. The molecule has 1 heterocycles. The van der Waals surface area contributed by atoms with Crippen LogP contribution in [-0.4, -0.2) is 16.0 Å². The van der Waals surface area contributed by atoms with Gasteiger partial charge in [0.05, 0.1) is 16.7 Å². The van der Waals surface area contributed by atoms with E-state index in [2.05, 4.69) is 5.32 Å². The van der Waals surface area contributed by atoms with Crippen molar-refractivity contribution >= 4 is 28.7 Å². The third-order valence-electron chi connectivity index (χ3n) is 2.55. The lowest BCUT2D eigenvalue weighted by Crippen LogP contribution is -2.07. The highest BCUT2D eigenvalue weighted by Gasteiger charge is 2.23. The van der Waals surface area contributed by atoms with Crippen molar-refractivity contribution in [1.29, 1.82) is 0 Å². The van der Waals surface area contributed by atoms with Gasteiger partial charge in [0.25, 0.3) is 5.69 Å². The van der Waals surface area contributed by atoms with Crippen LogP contribution in [0.25, 0.3) is 0 Å². The molecule has 20 heavy (non-hydrogen) atoms. The van der Waals surface area contributed by atoms with Crippen LogP contribution >= 0.6 is 11.3 Å². The lowest BCUT2D eigenvalue weighted by molar-refractivity contribution is -0.385. The Morgan fingerprint density at radius 3 is 2.80 bits per heavy atom. The van der Waals surface area contributed by atoms with Crippen LogP contribution in [0.1, 0.15) is 15.2 Å². The molecule has 0 saturated carbocycles. The van der Waals surface area contributed by atoms with Gasteiger partial charge < -0.3 is 10.4 Å². The Labute approximate surface area is 116 Å². The fourth-order valence-electron chi connectivity index (χ4n) is 1.62. The van der Waals surface area contributed by atoms with Crippen molar-refractivity contribution in [3.63, 3.8) is 0 Å². The van der Waals surface area contributed by atoms with Gasteiger partial charge in [-0.2, -0.15) is 0 Å². The fourth-order valence-corrected chi connectivity index (χ4v) is 2.26. The Hall–Kier alpha value is -2.48. The largest absolute Gasteiger partial charge is 0.477 e. The predicted molar refractivity (Wildman–Crippen MR) is 71.7 cm³/mol. The van der Waals surface area contributed by atoms with Gasteiger partial charge in [0, 0.05) is 11.4 Å². The average molecular weight is 296 g/mol. The lowest BCUT2D eigenvalue weighted by Gasteiger charge is -2.08. The van der Waals surface area contributed by atoms with Crippen molar-refractivity contribution in [3.05, 3.63) is 56.0 Å². The summed E-state index contributed by atoms with van der Waals surface area (Å²) in [6.45, 7) is 0.311. The smallest absolute Gasteiger partial charge is 0.342 e. The second kappa shape index (κ2) is 5.66. The number of carbonyl (C=O) groups is 1. The molecule has 0 fully saturated rings. The van der Waals surface area contributed by atoms with Crippen LogP contribution in [0.4, 0.5) is 15.8 Å². The van der Waals surface area contributed by atoms with E-state index in [9.17, 15) is 19.3 Å². The van der Waals surface area contributed by atoms with Crippen molar-refractivity contribution in [2.75, 3.05) is 5.32 Å². The Morgan fingerprint density at radius 2 is 2.25 bits per heavy atom. The van der Waals surface area contributed by atoms with Crippen LogP contribution in [-0.2, 0) is 6.54 Å². The highest BCUT2D eigenvalue weighted by atomic mass is 32.1. The molecular weight excluding hydrogens is 287 g/mol. The molecule has 1 aromatic carbocycles. The average Bonchev–Trinajstić information content (AvgIpc) is 2.89. The molecule has 0 aliphatic heterocycles. The highest BCUT2D eigenvalue weighted by Crippen LogP contribution is 2.26. The minimum atomic E-state index is -1.48. The summed E-state index contributed by atoms with van der Waals surface area (Å²) in [7, 11) is 0. The van der Waals surface area contributed by atoms with E-state index in [1.54, 1.807) is 0 Å². The third-order valence-corrected chi connectivity index (χ3v) is 3.42. The summed E-state index contributed by atoms with van der Waals surface area (Å²) in [5, 5.41) is 24.2. The summed E-state index contributed by atoms with van der Waals surface area (Å²) in [5.74, 6) is -2.34. The van der Waals surface area contributed by atoms with Gasteiger partial charge in [0.1, 0.15) is 5.56 Å². The zero-order chi connectivity index (χ0) is 14.7. The number of nitro benzene ring substituents is 1. The first kappa shape index (κ1) is 13.9. The number of nitro groups is 1. The Morgan fingerprint density at radius 1 is 1.50 bits per heavy atom. The molecule has 0 amide bonds. The summed E-state index contributed by atoms with van der Waals surface area (Å²) < 4.78 is 13.7. The van der Waals surface area contributed by atoms with Gasteiger partial charge in [-0.15, -0.1) is 11.3 Å². The third kappa shape index (κ3) is 2.91. The van der Waals surface area contributed by atoms with Gasteiger partial charge in [-0.05, 0) is 17.5 Å². The fraction of sp³-hybridized carbons (Fsp3) is 0.0833. The van der Waals surface area contributed by atoms with E-state index < -0.39 is 28.0 Å². The maximum Gasteiger partial charge on any atom is 0.342 e. The minimum Gasteiger partial charge on any atom is -0.477 e. The van der Waals surface area contributed by atoms with Crippen LogP contribution in [0.2, 0.25) is 0 Å². The molecule has 0 radical (unpaired) electrons. The molecule has 1 aromatic heterocycles. The van der Waals surface area contributed by atoms with E-state index >= 15 is 0 Å². The number of benzene rings is 1. The molecule has 2 N–H and O–H groups in total. The predicted octanol–water partition coefficient (Wildman–Crippen LogP) is 3.11. The Kier molecular flexibility index (Phi) is 3.94. The quantitative estimate of drug-likeness (QED) is 0.653. The molecule has 2 aromatic rings. The first-order chi connectivity index (χ1) is 9.49. The summed E-state index contributed by atoms with van der Waals surface area (Å²) in [5.41, 5.74) is -1.40. The van der Waals surface area contributed by atoms with Crippen molar-refractivity contribution < 1.29 is 19.2 Å². The topological polar surface area (TPSA) is 92.5 Å². The second-order valence-electron chi connectivity index (χ2n) is 3.84. The van der Waals surface area contributed by atoms with Crippen LogP contribution < -0.4 is 5.32 Å². The molecule has 0 aliphatic rings. The number of rotatable bonds is 5. The number of carboxylic acid groups (broad SMARTS) is 1. The van der Waals surface area contributed by atoms with Gasteiger partial charge in [0.2, 0.25) is 0 Å². The van der Waals surface area contributed by atoms with Crippen LogP contribution in [0.5, 0.6) is 0 Å². The number of nitrogens with zero attached hydrogens (tertiary/aromatic N) is 1. The van der Waals surface area contributed by atoms with E-state index in [4.69, 9.17) is 5.11 Å². The molecule has 0 saturated heterocycles. The zero-order valence-electron chi connectivity index (χ0n) is 10.00. The van der Waals surface area contributed by atoms with E-state index in [1.165, 1.54) is 11.3 Å². The van der Waals surface area contributed by atoms with Crippen molar-refractivity contribution in [1.82, 2.24) is 0 Å². The van der Waals surface area contributed by atoms with Gasteiger partial charge in [-0.3, -0.25) is 10.1 Å². The van der Waals surface area contributed by atoms with E-state index in [0.717, 1.165) is 10.9 Å². The standard InChI is InChI=1S/C12H9FN2O4S/c13-9-5-11(15(18)19)8(12(16)17)4-10(9)14-6-7-2-1-3-20-7/h1-5,14H,6H2,(H,16,17). The maximum absolute atomic E-state index is 13.7.